The molecule has 0 bridgehead atoms. The van der Waals surface area contributed by atoms with Crippen molar-refractivity contribution in [3.8, 4) is 5.75 Å². The first-order chi connectivity index (χ1) is 12.7. The molecule has 0 aliphatic carbocycles. The summed E-state index contributed by atoms with van der Waals surface area (Å²) in [6.45, 7) is 3.64. The summed E-state index contributed by atoms with van der Waals surface area (Å²) in [5.74, 6) is 0.860. The molecule has 3 rings (SSSR count). The van der Waals surface area contributed by atoms with Crippen LogP contribution in [-0.2, 0) is 9.59 Å². The van der Waals surface area contributed by atoms with E-state index in [-0.39, 0.29) is 24.3 Å². The predicted molar refractivity (Wildman–Crippen MR) is 101 cm³/mol. The maximum atomic E-state index is 12.5. The van der Waals surface area contributed by atoms with Gasteiger partial charge in [-0.05, 0) is 18.9 Å². The number of benzene rings is 1. The van der Waals surface area contributed by atoms with Crippen molar-refractivity contribution in [2.75, 3.05) is 39.8 Å². The number of carbonyl (C=O) groups is 2. The Bertz CT molecular complexity index is 668. The smallest absolute Gasteiger partial charge is 0.237 e. The molecule has 2 saturated heterocycles. The van der Waals surface area contributed by atoms with Crippen LogP contribution in [-0.4, -0.2) is 67.5 Å². The first-order valence-corrected chi connectivity index (χ1v) is 9.28. The van der Waals surface area contributed by atoms with Crippen LogP contribution in [0.15, 0.2) is 30.3 Å². The van der Waals surface area contributed by atoms with Gasteiger partial charge < -0.3 is 15.0 Å². The fraction of sp³-hybridized carbons (Fsp3) is 0.500. The summed E-state index contributed by atoms with van der Waals surface area (Å²) in [6.07, 6.45) is 6.42. The standard InChI is InChI=1S/C20H27N3O3/c1-26-18-9-3-2-7-16(18)8-6-13-22-14-10-21-20(25)17(22)15-19(24)23-11-4-5-12-23/h2-3,6-9,17H,4-5,10-15H2,1H3,(H,21,25)/b8-6+/t17-/m1/s1. The van der Waals surface area contributed by atoms with Gasteiger partial charge in [-0.2, -0.15) is 0 Å². The normalized spacial score (nSPS) is 21.2. The van der Waals surface area contributed by atoms with Crippen molar-refractivity contribution < 1.29 is 14.3 Å². The number of likely N-dealkylation sites (tertiary alicyclic amines) is 1. The second-order valence-corrected chi connectivity index (χ2v) is 6.74. The van der Waals surface area contributed by atoms with Gasteiger partial charge in [-0.1, -0.05) is 30.4 Å². The highest BCUT2D eigenvalue weighted by molar-refractivity contribution is 5.89. The molecule has 2 aliphatic rings. The quantitative estimate of drug-likeness (QED) is 0.839. The lowest BCUT2D eigenvalue weighted by Gasteiger charge is -2.34. The number of rotatable bonds is 6. The largest absolute Gasteiger partial charge is 0.496 e. The van der Waals surface area contributed by atoms with Crippen LogP contribution in [0.3, 0.4) is 0 Å². The number of methoxy groups -OCH3 is 1. The van der Waals surface area contributed by atoms with Gasteiger partial charge in [-0.15, -0.1) is 0 Å². The average Bonchev–Trinajstić information content (AvgIpc) is 3.19. The third-order valence-corrected chi connectivity index (χ3v) is 5.04. The van der Waals surface area contributed by atoms with E-state index in [1.165, 1.54) is 0 Å². The van der Waals surface area contributed by atoms with Gasteiger partial charge >= 0.3 is 0 Å². The molecule has 26 heavy (non-hydrogen) atoms. The summed E-state index contributed by atoms with van der Waals surface area (Å²) >= 11 is 0. The molecule has 1 aromatic rings. The molecule has 2 heterocycles. The van der Waals surface area contributed by atoms with E-state index < -0.39 is 0 Å². The molecular formula is C20H27N3O3. The van der Waals surface area contributed by atoms with Crippen molar-refractivity contribution in [2.45, 2.75) is 25.3 Å². The Morgan fingerprint density at radius 1 is 1.27 bits per heavy atom. The van der Waals surface area contributed by atoms with Gasteiger partial charge in [0.05, 0.1) is 19.6 Å². The molecule has 1 aromatic carbocycles. The highest BCUT2D eigenvalue weighted by Gasteiger charge is 2.32. The molecule has 2 fully saturated rings. The molecule has 140 valence electrons. The molecule has 2 amide bonds. The Labute approximate surface area is 154 Å². The first-order valence-electron chi connectivity index (χ1n) is 9.28. The van der Waals surface area contributed by atoms with Gasteiger partial charge in [-0.3, -0.25) is 14.5 Å². The van der Waals surface area contributed by atoms with Crippen LogP contribution in [0, 0.1) is 0 Å². The van der Waals surface area contributed by atoms with Crippen molar-refractivity contribution in [1.29, 1.82) is 0 Å². The van der Waals surface area contributed by atoms with Gasteiger partial charge in [0.25, 0.3) is 0 Å². The van der Waals surface area contributed by atoms with E-state index in [4.69, 9.17) is 4.74 Å². The van der Waals surface area contributed by atoms with Crippen LogP contribution in [0.25, 0.3) is 6.08 Å². The van der Waals surface area contributed by atoms with Gasteiger partial charge in [-0.25, -0.2) is 0 Å². The lowest BCUT2D eigenvalue weighted by atomic mass is 10.1. The third-order valence-electron chi connectivity index (χ3n) is 5.04. The molecule has 1 N–H and O–H groups in total. The van der Waals surface area contributed by atoms with E-state index >= 15 is 0 Å². The first kappa shape index (κ1) is 18.5. The summed E-state index contributed by atoms with van der Waals surface area (Å²) in [5, 5.41) is 2.89. The summed E-state index contributed by atoms with van der Waals surface area (Å²) in [5.41, 5.74) is 1.00. The molecule has 0 spiro atoms. The fourth-order valence-corrected chi connectivity index (χ4v) is 3.58. The highest BCUT2D eigenvalue weighted by atomic mass is 16.5. The molecular weight excluding hydrogens is 330 g/mol. The van der Waals surface area contributed by atoms with E-state index in [1.54, 1.807) is 7.11 Å². The molecule has 0 radical (unpaired) electrons. The Hall–Kier alpha value is -2.34. The molecule has 0 aromatic heterocycles. The Morgan fingerprint density at radius 3 is 2.81 bits per heavy atom. The number of carbonyl (C=O) groups excluding carboxylic acids is 2. The molecule has 0 saturated carbocycles. The minimum absolute atomic E-state index is 0.0468. The predicted octanol–water partition coefficient (Wildman–Crippen LogP) is 1.52. The maximum Gasteiger partial charge on any atom is 0.237 e. The molecule has 6 heteroatoms. The van der Waals surface area contributed by atoms with Crippen molar-refractivity contribution in [1.82, 2.24) is 15.1 Å². The number of hydrogen-bond acceptors (Lipinski definition) is 4. The van der Waals surface area contributed by atoms with Crippen LogP contribution in [0.1, 0.15) is 24.8 Å². The van der Waals surface area contributed by atoms with E-state index in [9.17, 15) is 9.59 Å². The number of amides is 2. The van der Waals surface area contributed by atoms with Crippen molar-refractivity contribution in [2.24, 2.45) is 0 Å². The van der Waals surface area contributed by atoms with Crippen LogP contribution in [0.2, 0.25) is 0 Å². The zero-order valence-electron chi connectivity index (χ0n) is 15.3. The van der Waals surface area contributed by atoms with Gasteiger partial charge in [0.15, 0.2) is 0 Å². The molecule has 0 unspecified atom stereocenters. The van der Waals surface area contributed by atoms with Crippen molar-refractivity contribution in [3.05, 3.63) is 35.9 Å². The van der Waals surface area contributed by atoms with Crippen molar-refractivity contribution >= 4 is 17.9 Å². The van der Waals surface area contributed by atoms with Crippen LogP contribution >= 0.6 is 0 Å². The van der Waals surface area contributed by atoms with Gasteiger partial charge in [0, 0.05) is 38.3 Å². The summed E-state index contributed by atoms with van der Waals surface area (Å²) in [7, 11) is 1.65. The number of para-hydroxylation sites is 1. The molecule has 1 atom stereocenters. The average molecular weight is 357 g/mol. The Morgan fingerprint density at radius 2 is 2.04 bits per heavy atom. The van der Waals surface area contributed by atoms with Crippen LogP contribution < -0.4 is 10.1 Å². The van der Waals surface area contributed by atoms with E-state index in [1.807, 2.05) is 41.3 Å². The van der Waals surface area contributed by atoms with E-state index in [0.29, 0.717) is 13.1 Å². The van der Waals surface area contributed by atoms with Crippen LogP contribution in [0.5, 0.6) is 5.75 Å². The number of ether oxygens (including phenoxy) is 1. The molecule has 6 nitrogen and oxygen atoms in total. The number of piperazine rings is 1. The zero-order chi connectivity index (χ0) is 18.4. The summed E-state index contributed by atoms with van der Waals surface area (Å²) in [4.78, 5) is 28.8. The monoisotopic (exact) mass is 357 g/mol. The fourth-order valence-electron chi connectivity index (χ4n) is 3.58. The van der Waals surface area contributed by atoms with Gasteiger partial charge in [0.2, 0.25) is 11.8 Å². The number of nitrogens with zero attached hydrogens (tertiary/aromatic N) is 2. The number of hydrogen-bond donors (Lipinski definition) is 1. The lowest BCUT2D eigenvalue weighted by Crippen LogP contribution is -2.56. The topological polar surface area (TPSA) is 61.9 Å². The summed E-state index contributed by atoms with van der Waals surface area (Å²) < 4.78 is 5.36. The maximum absolute atomic E-state index is 12.5. The van der Waals surface area contributed by atoms with E-state index in [2.05, 4.69) is 10.2 Å². The molecule has 2 aliphatic heterocycles. The second kappa shape index (κ2) is 8.85. The van der Waals surface area contributed by atoms with Crippen molar-refractivity contribution in [3.63, 3.8) is 0 Å². The minimum Gasteiger partial charge on any atom is -0.496 e. The Balaban J connectivity index is 1.63. The van der Waals surface area contributed by atoms with Gasteiger partial charge in [0.1, 0.15) is 5.75 Å². The Kier molecular flexibility index (Phi) is 6.28. The van der Waals surface area contributed by atoms with E-state index in [0.717, 1.165) is 43.8 Å². The van der Waals surface area contributed by atoms with Crippen LogP contribution in [0.4, 0.5) is 0 Å². The SMILES string of the molecule is COc1ccccc1/C=C/CN1CCNC(=O)[C@H]1CC(=O)N1CCCC1. The lowest BCUT2D eigenvalue weighted by molar-refractivity contribution is -0.138. The number of nitrogens with one attached hydrogen (secondary N) is 1. The summed E-state index contributed by atoms with van der Waals surface area (Å²) in [6, 6.07) is 7.43. The zero-order valence-corrected chi connectivity index (χ0v) is 15.3. The minimum atomic E-state index is -0.390. The highest BCUT2D eigenvalue weighted by Crippen LogP contribution is 2.19. The second-order valence-electron chi connectivity index (χ2n) is 6.74. The third kappa shape index (κ3) is 4.43.